The molecule has 142 valence electrons. The first-order valence-electron chi connectivity index (χ1n) is 8.87. The molecule has 5 heteroatoms. The Morgan fingerprint density at radius 2 is 1.78 bits per heavy atom. The maximum absolute atomic E-state index is 13.6. The highest BCUT2D eigenvalue weighted by Gasteiger charge is 2.44. The summed E-state index contributed by atoms with van der Waals surface area (Å²) in [5, 5.41) is -0.152. The first-order valence-corrected chi connectivity index (χ1v) is 11.4. The summed E-state index contributed by atoms with van der Waals surface area (Å²) in [6, 6.07) is 15.6. The highest BCUT2D eigenvalue weighted by Crippen LogP contribution is 2.42. The lowest BCUT2D eigenvalue weighted by molar-refractivity contribution is 0.553. The fourth-order valence-corrected chi connectivity index (χ4v) is 7.16. The van der Waals surface area contributed by atoms with Crippen LogP contribution >= 0.6 is 11.8 Å². The first kappa shape index (κ1) is 19.9. The molecule has 0 heterocycles. The van der Waals surface area contributed by atoms with Crippen molar-refractivity contribution in [3.8, 4) is 0 Å². The van der Waals surface area contributed by atoms with Crippen LogP contribution in [0.4, 0.5) is 4.39 Å². The summed E-state index contributed by atoms with van der Waals surface area (Å²) in [6.07, 6.45) is 6.10. The van der Waals surface area contributed by atoms with E-state index in [4.69, 9.17) is 0 Å². The molecule has 0 fully saturated rings. The third-order valence-corrected chi connectivity index (χ3v) is 8.60. The lowest BCUT2D eigenvalue weighted by atomic mass is 9.88. The van der Waals surface area contributed by atoms with Gasteiger partial charge in [0.25, 0.3) is 0 Å². The Balaban J connectivity index is 1.88. The van der Waals surface area contributed by atoms with Gasteiger partial charge in [0.1, 0.15) is 10.6 Å². The molecule has 0 bridgehead atoms. The molecule has 1 aliphatic rings. The van der Waals surface area contributed by atoms with Gasteiger partial charge in [-0.3, -0.25) is 0 Å². The van der Waals surface area contributed by atoms with Crippen LogP contribution in [0.2, 0.25) is 0 Å². The van der Waals surface area contributed by atoms with E-state index < -0.39 is 14.6 Å². The van der Waals surface area contributed by atoms with Crippen LogP contribution in [0.5, 0.6) is 0 Å². The molecule has 2 atom stereocenters. The van der Waals surface area contributed by atoms with E-state index in [2.05, 4.69) is 0 Å². The monoisotopic (exact) mass is 402 g/mol. The molecule has 0 aromatic heterocycles. The maximum Gasteiger partial charge on any atom is 0.165 e. The van der Waals surface area contributed by atoms with Crippen molar-refractivity contribution in [3.63, 3.8) is 0 Å². The lowest BCUT2D eigenvalue weighted by Gasteiger charge is -2.34. The smallest absolute Gasteiger partial charge is 0.165 e. The number of hydrogen-bond donors (Lipinski definition) is 0. The standard InChI is InChI=1S/C22H23FO2S2/c1-17-7-6-14-22(15-17,19-8-4-3-5-9-19)27(24,25)16-18(2)26-21-12-10-20(23)11-13-21/h3-14,18H,15-16H2,1-2H3. The van der Waals surface area contributed by atoms with Gasteiger partial charge in [-0.1, -0.05) is 61.1 Å². The van der Waals surface area contributed by atoms with Crippen LogP contribution in [0.25, 0.3) is 0 Å². The Morgan fingerprint density at radius 3 is 2.41 bits per heavy atom. The van der Waals surface area contributed by atoms with Gasteiger partial charge >= 0.3 is 0 Å². The van der Waals surface area contributed by atoms with E-state index in [0.29, 0.717) is 6.42 Å². The molecule has 0 saturated carbocycles. The summed E-state index contributed by atoms with van der Waals surface area (Å²) >= 11 is 1.45. The van der Waals surface area contributed by atoms with E-state index in [1.54, 1.807) is 12.1 Å². The number of sulfone groups is 1. The third kappa shape index (κ3) is 4.36. The molecule has 0 saturated heterocycles. The van der Waals surface area contributed by atoms with Crippen LogP contribution in [0.1, 0.15) is 25.8 Å². The zero-order chi connectivity index (χ0) is 19.5. The van der Waals surface area contributed by atoms with Gasteiger partial charge in [0, 0.05) is 10.1 Å². The highest BCUT2D eigenvalue weighted by atomic mass is 32.2. The molecule has 0 radical (unpaired) electrons. The largest absolute Gasteiger partial charge is 0.228 e. The van der Waals surface area contributed by atoms with Crippen molar-refractivity contribution in [1.82, 2.24) is 0 Å². The number of halogens is 1. The lowest BCUT2D eigenvalue weighted by Crippen LogP contribution is -2.39. The molecule has 2 aromatic carbocycles. The Hall–Kier alpha value is -1.85. The summed E-state index contributed by atoms with van der Waals surface area (Å²) < 4.78 is 39.2. The van der Waals surface area contributed by atoms with Crippen molar-refractivity contribution in [3.05, 3.63) is 89.8 Å². The summed E-state index contributed by atoms with van der Waals surface area (Å²) in [7, 11) is -3.48. The van der Waals surface area contributed by atoms with Gasteiger partial charge < -0.3 is 0 Å². The van der Waals surface area contributed by atoms with E-state index in [0.717, 1.165) is 16.0 Å². The second-order valence-corrected chi connectivity index (χ2v) is 10.8. The molecule has 0 N–H and O–H groups in total. The number of allylic oxidation sites excluding steroid dienone is 3. The minimum absolute atomic E-state index is 0.0432. The molecule has 2 unspecified atom stereocenters. The predicted octanol–water partition coefficient (Wildman–Crippen LogP) is 5.52. The summed E-state index contributed by atoms with van der Waals surface area (Å²) in [4.78, 5) is 0.864. The van der Waals surface area contributed by atoms with Crippen LogP contribution < -0.4 is 0 Å². The minimum Gasteiger partial charge on any atom is -0.228 e. The Morgan fingerprint density at radius 1 is 1.11 bits per heavy atom. The quantitative estimate of drug-likeness (QED) is 0.597. The van der Waals surface area contributed by atoms with Gasteiger partial charge in [-0.05, 0) is 43.2 Å². The van der Waals surface area contributed by atoms with Crippen LogP contribution in [-0.2, 0) is 14.6 Å². The molecular weight excluding hydrogens is 379 g/mol. The second-order valence-electron chi connectivity index (χ2n) is 6.97. The van der Waals surface area contributed by atoms with Gasteiger partial charge in [0.15, 0.2) is 9.84 Å². The second kappa shape index (κ2) is 8.03. The fourth-order valence-electron chi connectivity index (χ4n) is 3.45. The van der Waals surface area contributed by atoms with E-state index in [1.807, 2.05) is 62.4 Å². The van der Waals surface area contributed by atoms with Crippen LogP contribution in [0.15, 0.2) is 83.3 Å². The predicted molar refractivity (Wildman–Crippen MR) is 111 cm³/mol. The van der Waals surface area contributed by atoms with Gasteiger partial charge in [0.05, 0.1) is 5.75 Å². The number of benzene rings is 2. The Bertz CT molecular complexity index is 948. The van der Waals surface area contributed by atoms with Gasteiger partial charge in [-0.25, -0.2) is 12.8 Å². The molecule has 2 aromatic rings. The third-order valence-electron chi connectivity index (χ3n) is 4.71. The topological polar surface area (TPSA) is 34.1 Å². The molecule has 3 rings (SSSR count). The first-order chi connectivity index (χ1) is 12.8. The van der Waals surface area contributed by atoms with Gasteiger partial charge in [0.2, 0.25) is 0 Å². The Labute approximate surface area is 165 Å². The van der Waals surface area contributed by atoms with Gasteiger partial charge in [-0.15, -0.1) is 11.8 Å². The molecular formula is C22H23FO2S2. The van der Waals surface area contributed by atoms with Crippen molar-refractivity contribution in [2.75, 3.05) is 5.75 Å². The number of thioether (sulfide) groups is 1. The zero-order valence-corrected chi connectivity index (χ0v) is 17.1. The normalized spacial score (nSPS) is 20.9. The van der Waals surface area contributed by atoms with E-state index in [1.165, 1.54) is 23.9 Å². The summed E-state index contributed by atoms with van der Waals surface area (Å²) in [5.74, 6) is -0.251. The van der Waals surface area contributed by atoms with Crippen molar-refractivity contribution < 1.29 is 12.8 Å². The molecule has 2 nitrogen and oxygen atoms in total. The average Bonchev–Trinajstić information content (AvgIpc) is 2.63. The van der Waals surface area contributed by atoms with E-state index in [9.17, 15) is 12.8 Å². The average molecular weight is 403 g/mol. The highest BCUT2D eigenvalue weighted by molar-refractivity contribution is 8.01. The maximum atomic E-state index is 13.6. The molecule has 27 heavy (non-hydrogen) atoms. The number of hydrogen-bond acceptors (Lipinski definition) is 3. The van der Waals surface area contributed by atoms with E-state index >= 15 is 0 Å². The summed E-state index contributed by atoms with van der Waals surface area (Å²) in [6.45, 7) is 3.87. The van der Waals surface area contributed by atoms with Crippen LogP contribution in [0, 0.1) is 5.82 Å². The molecule has 0 amide bonds. The van der Waals surface area contributed by atoms with Crippen molar-refractivity contribution in [2.24, 2.45) is 0 Å². The SMILES string of the molecule is CC1=CC=CC(c2ccccc2)(S(=O)(=O)CC(C)Sc2ccc(F)cc2)C1. The summed E-state index contributed by atoms with van der Waals surface area (Å²) in [5.41, 5.74) is 1.84. The van der Waals surface area contributed by atoms with Crippen LogP contribution in [0.3, 0.4) is 0 Å². The van der Waals surface area contributed by atoms with Crippen molar-refractivity contribution in [1.29, 1.82) is 0 Å². The number of rotatable bonds is 6. The van der Waals surface area contributed by atoms with E-state index in [-0.39, 0.29) is 16.8 Å². The fraction of sp³-hybridized carbons (Fsp3) is 0.273. The molecule has 1 aliphatic carbocycles. The zero-order valence-electron chi connectivity index (χ0n) is 15.4. The van der Waals surface area contributed by atoms with Crippen molar-refractivity contribution >= 4 is 21.6 Å². The molecule has 0 spiro atoms. The van der Waals surface area contributed by atoms with Gasteiger partial charge in [-0.2, -0.15) is 0 Å². The molecule has 0 aliphatic heterocycles. The Kier molecular flexibility index (Phi) is 5.92. The van der Waals surface area contributed by atoms with Crippen molar-refractivity contribution in [2.45, 2.75) is 35.2 Å². The minimum atomic E-state index is -3.48. The van der Waals surface area contributed by atoms with Crippen LogP contribution in [-0.4, -0.2) is 19.4 Å².